The van der Waals surface area contributed by atoms with E-state index in [1.807, 2.05) is 0 Å². The predicted octanol–water partition coefficient (Wildman–Crippen LogP) is 5.53. The zero-order valence-corrected chi connectivity index (χ0v) is 24.0. The number of anilines is 1. The van der Waals surface area contributed by atoms with Gasteiger partial charge in [0.1, 0.15) is 0 Å². The van der Waals surface area contributed by atoms with E-state index >= 15 is 0 Å². The molecule has 8 nitrogen and oxygen atoms in total. The van der Waals surface area contributed by atoms with Gasteiger partial charge in [0.05, 0.1) is 50.3 Å². The van der Waals surface area contributed by atoms with Crippen LogP contribution in [0.4, 0.5) is 18.3 Å². The van der Waals surface area contributed by atoms with Crippen LogP contribution in [0.1, 0.15) is 17.5 Å². The molecular formula is C27H31ClF3N3O5S. The van der Waals surface area contributed by atoms with E-state index in [0.29, 0.717) is 47.1 Å². The van der Waals surface area contributed by atoms with E-state index in [2.05, 4.69) is 9.88 Å². The van der Waals surface area contributed by atoms with Crippen LogP contribution in [-0.4, -0.2) is 76.5 Å². The number of morpholine rings is 1. The minimum absolute atomic E-state index is 0. The number of methoxy groups -OCH3 is 3. The van der Waals surface area contributed by atoms with Gasteiger partial charge in [0, 0.05) is 32.3 Å². The first kappa shape index (κ1) is 31.5. The van der Waals surface area contributed by atoms with Crippen molar-refractivity contribution in [3.63, 3.8) is 0 Å². The van der Waals surface area contributed by atoms with Crippen LogP contribution in [0.5, 0.6) is 17.2 Å². The number of aromatic nitrogens is 1. The number of carbonyl (C=O) groups excluding carboxylic acids is 1. The van der Waals surface area contributed by atoms with E-state index in [-0.39, 0.29) is 29.6 Å². The Labute approximate surface area is 240 Å². The molecule has 40 heavy (non-hydrogen) atoms. The third-order valence-corrected chi connectivity index (χ3v) is 7.32. The summed E-state index contributed by atoms with van der Waals surface area (Å²) in [6.07, 6.45) is -0.976. The lowest BCUT2D eigenvalue weighted by atomic mass is 10.1. The quantitative estimate of drug-likeness (QED) is 0.283. The second-order valence-corrected chi connectivity index (χ2v) is 9.75. The van der Waals surface area contributed by atoms with Crippen LogP contribution in [0, 0.1) is 0 Å². The van der Waals surface area contributed by atoms with Gasteiger partial charge in [-0.15, -0.1) is 12.4 Å². The summed E-state index contributed by atoms with van der Waals surface area (Å²) in [5.41, 5.74) is -0.365. The van der Waals surface area contributed by atoms with Crippen LogP contribution >= 0.6 is 23.7 Å². The number of ether oxygens (including phenoxy) is 4. The highest BCUT2D eigenvalue weighted by molar-refractivity contribution is 7.22. The first-order valence-electron chi connectivity index (χ1n) is 12.3. The molecule has 1 fully saturated rings. The van der Waals surface area contributed by atoms with Crippen LogP contribution in [0.3, 0.4) is 0 Å². The predicted molar refractivity (Wildman–Crippen MR) is 151 cm³/mol. The molecule has 3 aromatic rings. The monoisotopic (exact) mass is 601 g/mol. The maximum absolute atomic E-state index is 13.6. The van der Waals surface area contributed by atoms with Crippen molar-refractivity contribution >= 4 is 51.1 Å². The summed E-state index contributed by atoms with van der Waals surface area (Å²) in [6.45, 7) is 3.91. The SMILES string of the molecule is COc1cc(/C=C/C(=O)N(CCCN2CCOCC2)c2nc3c(C(F)(F)F)cccc3s2)cc(OC)c1OC.Cl. The molecule has 218 valence electrons. The van der Waals surface area contributed by atoms with E-state index in [1.54, 1.807) is 24.3 Å². The number of hydrogen-bond acceptors (Lipinski definition) is 8. The summed E-state index contributed by atoms with van der Waals surface area (Å²) in [7, 11) is 4.49. The first-order valence-corrected chi connectivity index (χ1v) is 13.1. The topological polar surface area (TPSA) is 73.4 Å². The van der Waals surface area contributed by atoms with Gasteiger partial charge >= 0.3 is 6.18 Å². The van der Waals surface area contributed by atoms with Gasteiger partial charge in [-0.2, -0.15) is 13.2 Å². The summed E-state index contributed by atoms with van der Waals surface area (Å²) in [5, 5.41) is 0.211. The summed E-state index contributed by atoms with van der Waals surface area (Å²) in [4.78, 5) is 21.4. The summed E-state index contributed by atoms with van der Waals surface area (Å²) in [6, 6.07) is 7.32. The Kier molecular flexibility index (Phi) is 11.0. The fraction of sp³-hybridized carbons (Fsp3) is 0.407. The number of nitrogens with zero attached hydrogens (tertiary/aromatic N) is 3. The molecule has 2 aromatic carbocycles. The Balaban J connectivity index is 0.00000441. The molecule has 1 aliphatic heterocycles. The number of halogens is 4. The highest BCUT2D eigenvalue weighted by Crippen LogP contribution is 2.40. The molecule has 13 heteroatoms. The minimum Gasteiger partial charge on any atom is -0.493 e. The summed E-state index contributed by atoms with van der Waals surface area (Å²) < 4.78 is 62.7. The highest BCUT2D eigenvalue weighted by Gasteiger charge is 2.34. The first-order chi connectivity index (χ1) is 18.7. The van der Waals surface area contributed by atoms with Crippen LogP contribution in [-0.2, 0) is 15.7 Å². The molecule has 4 rings (SSSR count). The number of hydrogen-bond donors (Lipinski definition) is 0. The van der Waals surface area contributed by atoms with Crippen LogP contribution < -0.4 is 19.1 Å². The fourth-order valence-corrected chi connectivity index (χ4v) is 5.34. The van der Waals surface area contributed by atoms with Crippen LogP contribution in [0.25, 0.3) is 16.3 Å². The molecular weight excluding hydrogens is 571 g/mol. The number of fused-ring (bicyclic) bond motifs is 1. The van der Waals surface area contributed by atoms with E-state index in [4.69, 9.17) is 18.9 Å². The third-order valence-electron chi connectivity index (χ3n) is 6.28. The number of carbonyl (C=O) groups is 1. The lowest BCUT2D eigenvalue weighted by Crippen LogP contribution is -2.39. The molecule has 2 heterocycles. The number of alkyl halides is 3. The Morgan fingerprint density at radius 1 is 1.12 bits per heavy atom. The molecule has 0 aliphatic carbocycles. The van der Waals surface area contributed by atoms with Gasteiger partial charge in [-0.3, -0.25) is 14.6 Å². The molecule has 0 atom stereocenters. The van der Waals surface area contributed by atoms with Gasteiger partial charge in [-0.25, -0.2) is 4.98 Å². The molecule has 0 spiro atoms. The molecule has 1 aromatic heterocycles. The maximum atomic E-state index is 13.6. The summed E-state index contributed by atoms with van der Waals surface area (Å²) >= 11 is 1.06. The van der Waals surface area contributed by atoms with Crippen molar-refractivity contribution in [3.05, 3.63) is 47.5 Å². The molecule has 0 unspecified atom stereocenters. The number of amides is 1. The molecule has 1 saturated heterocycles. The number of rotatable bonds is 10. The van der Waals surface area contributed by atoms with Crippen molar-refractivity contribution in [1.82, 2.24) is 9.88 Å². The normalized spacial score (nSPS) is 14.2. The standard InChI is InChI=1S/C27H30F3N3O5S.ClH/c1-35-20-16-18(17-21(36-2)25(20)37-3)8-9-23(34)33(11-5-10-32-12-14-38-15-13-32)26-31-24-19(27(28,29)30)6-4-7-22(24)39-26;/h4,6-9,16-17H,5,10-15H2,1-3H3;1H/b9-8+;. The van der Waals surface area contributed by atoms with Gasteiger partial charge in [0.2, 0.25) is 5.75 Å². The third kappa shape index (κ3) is 7.36. The molecule has 1 amide bonds. The number of thiazole rings is 1. The largest absolute Gasteiger partial charge is 0.493 e. The Morgan fingerprint density at radius 3 is 2.40 bits per heavy atom. The molecule has 1 aliphatic rings. The Hall–Kier alpha value is -3.06. The molecule has 0 bridgehead atoms. The van der Waals surface area contributed by atoms with Gasteiger partial charge in [-0.05, 0) is 42.3 Å². The van der Waals surface area contributed by atoms with E-state index in [0.717, 1.165) is 37.0 Å². The van der Waals surface area contributed by atoms with Gasteiger partial charge < -0.3 is 18.9 Å². The molecule has 0 saturated carbocycles. The fourth-order valence-electron chi connectivity index (χ4n) is 4.31. The van der Waals surface area contributed by atoms with E-state index in [9.17, 15) is 18.0 Å². The van der Waals surface area contributed by atoms with Crippen LogP contribution in [0.15, 0.2) is 36.4 Å². The number of benzene rings is 2. The van der Waals surface area contributed by atoms with Crippen molar-refractivity contribution in [2.75, 3.05) is 65.6 Å². The lowest BCUT2D eigenvalue weighted by molar-refractivity contribution is -0.136. The molecule has 0 N–H and O–H groups in total. The van der Waals surface area contributed by atoms with Crippen molar-refractivity contribution < 1.29 is 36.9 Å². The lowest BCUT2D eigenvalue weighted by Gasteiger charge is -2.27. The molecule has 0 radical (unpaired) electrons. The zero-order valence-electron chi connectivity index (χ0n) is 22.3. The van der Waals surface area contributed by atoms with Crippen molar-refractivity contribution in [2.24, 2.45) is 0 Å². The smallest absolute Gasteiger partial charge is 0.418 e. The average molecular weight is 602 g/mol. The highest BCUT2D eigenvalue weighted by atomic mass is 35.5. The number of para-hydroxylation sites is 1. The van der Waals surface area contributed by atoms with Crippen molar-refractivity contribution in [3.8, 4) is 17.2 Å². The maximum Gasteiger partial charge on any atom is 0.418 e. The summed E-state index contributed by atoms with van der Waals surface area (Å²) in [5.74, 6) is 0.871. The van der Waals surface area contributed by atoms with Gasteiger partial charge in [-0.1, -0.05) is 17.4 Å². The average Bonchev–Trinajstić information content (AvgIpc) is 3.37. The zero-order chi connectivity index (χ0) is 28.0. The minimum atomic E-state index is -4.55. The van der Waals surface area contributed by atoms with Crippen LogP contribution in [0.2, 0.25) is 0 Å². The van der Waals surface area contributed by atoms with E-state index < -0.39 is 17.6 Å². The van der Waals surface area contributed by atoms with Crippen molar-refractivity contribution in [2.45, 2.75) is 12.6 Å². The van der Waals surface area contributed by atoms with Gasteiger partial charge in [0.15, 0.2) is 16.6 Å². The Bertz CT molecular complexity index is 1300. The van der Waals surface area contributed by atoms with E-state index in [1.165, 1.54) is 38.4 Å². The second-order valence-electron chi connectivity index (χ2n) is 8.74. The second kappa shape index (κ2) is 14.0. The van der Waals surface area contributed by atoms with Gasteiger partial charge in [0.25, 0.3) is 5.91 Å². The van der Waals surface area contributed by atoms with Crippen molar-refractivity contribution in [1.29, 1.82) is 0 Å². The Morgan fingerprint density at radius 2 is 1.80 bits per heavy atom.